The molecule has 4 heteroatoms. The number of ether oxygens (including phenoxy) is 1. The molecule has 18 heavy (non-hydrogen) atoms. The Morgan fingerprint density at radius 3 is 2.06 bits per heavy atom. The normalized spacial score (nSPS) is 20.2. The van der Waals surface area contributed by atoms with Crippen LogP contribution in [0.5, 0.6) is 0 Å². The molecule has 1 aliphatic heterocycles. The highest BCUT2D eigenvalue weighted by Crippen LogP contribution is 2.17. The van der Waals surface area contributed by atoms with Crippen LogP contribution >= 0.6 is 0 Å². The van der Waals surface area contributed by atoms with Crippen LogP contribution in [-0.4, -0.2) is 47.8 Å². The molecule has 0 aliphatic carbocycles. The topological polar surface area (TPSA) is 49.8 Å². The van der Waals surface area contributed by atoms with Crippen molar-refractivity contribution in [3.8, 4) is 0 Å². The molecule has 1 heterocycles. The highest BCUT2D eigenvalue weighted by Gasteiger charge is 2.26. The van der Waals surface area contributed by atoms with Crippen LogP contribution in [0.15, 0.2) is 0 Å². The molecule has 0 aromatic carbocycles. The minimum absolute atomic E-state index is 0.0417. The van der Waals surface area contributed by atoms with E-state index in [9.17, 15) is 4.79 Å². The SMILES string of the molecule is CC.CC(O)[C@@H]1CCCN1C=O.COC(C)(C)C. The lowest BCUT2D eigenvalue weighted by molar-refractivity contribution is -0.120. The van der Waals surface area contributed by atoms with Crippen LogP contribution in [0, 0.1) is 0 Å². The van der Waals surface area contributed by atoms with E-state index in [4.69, 9.17) is 9.84 Å². The van der Waals surface area contributed by atoms with Gasteiger partial charge in [-0.3, -0.25) is 4.79 Å². The maximum absolute atomic E-state index is 10.3. The summed E-state index contributed by atoms with van der Waals surface area (Å²) in [5.41, 5.74) is 0.0417. The smallest absolute Gasteiger partial charge is 0.210 e. The first-order chi connectivity index (χ1) is 8.31. The average molecular weight is 261 g/mol. The van der Waals surface area contributed by atoms with Crippen LogP contribution in [0.4, 0.5) is 0 Å². The summed E-state index contributed by atoms with van der Waals surface area (Å²) in [4.78, 5) is 12.0. The van der Waals surface area contributed by atoms with E-state index in [1.807, 2.05) is 34.6 Å². The van der Waals surface area contributed by atoms with Crippen molar-refractivity contribution in [2.75, 3.05) is 13.7 Å². The van der Waals surface area contributed by atoms with Gasteiger partial charge in [-0.05, 0) is 40.5 Å². The first-order valence-electron chi connectivity index (χ1n) is 6.76. The Morgan fingerprint density at radius 2 is 1.83 bits per heavy atom. The second-order valence-electron chi connectivity index (χ2n) is 5.11. The van der Waals surface area contributed by atoms with Crippen molar-refractivity contribution < 1.29 is 14.6 Å². The zero-order valence-electron chi connectivity index (χ0n) is 13.1. The number of hydrogen-bond donors (Lipinski definition) is 1. The lowest BCUT2D eigenvalue weighted by Gasteiger charge is -2.21. The number of rotatable bonds is 2. The van der Waals surface area contributed by atoms with Gasteiger partial charge in [0.1, 0.15) is 0 Å². The van der Waals surface area contributed by atoms with E-state index in [0.717, 1.165) is 25.8 Å². The Kier molecular flexibility index (Phi) is 11.3. The van der Waals surface area contributed by atoms with Gasteiger partial charge in [0.15, 0.2) is 0 Å². The summed E-state index contributed by atoms with van der Waals surface area (Å²) < 4.78 is 4.94. The summed E-state index contributed by atoms with van der Waals surface area (Å²) in [7, 11) is 1.71. The molecule has 0 bridgehead atoms. The van der Waals surface area contributed by atoms with Crippen LogP contribution in [0.25, 0.3) is 0 Å². The molecule has 110 valence electrons. The minimum Gasteiger partial charge on any atom is -0.391 e. The molecule has 0 saturated carbocycles. The van der Waals surface area contributed by atoms with Crippen molar-refractivity contribution in [3.63, 3.8) is 0 Å². The molecular formula is C14H31NO3. The summed E-state index contributed by atoms with van der Waals surface area (Å²) in [6.07, 6.45) is 2.41. The van der Waals surface area contributed by atoms with E-state index >= 15 is 0 Å². The summed E-state index contributed by atoms with van der Waals surface area (Å²) in [5.74, 6) is 0. The molecule has 1 saturated heterocycles. The predicted octanol–water partition coefficient (Wildman–Crippen LogP) is 2.45. The fourth-order valence-corrected chi connectivity index (χ4v) is 1.46. The van der Waals surface area contributed by atoms with E-state index in [1.165, 1.54) is 0 Å². The third-order valence-corrected chi connectivity index (χ3v) is 2.65. The van der Waals surface area contributed by atoms with Crippen LogP contribution in [-0.2, 0) is 9.53 Å². The number of aliphatic hydroxyl groups excluding tert-OH is 1. The zero-order valence-corrected chi connectivity index (χ0v) is 13.1. The molecule has 1 N–H and O–H groups in total. The third kappa shape index (κ3) is 9.42. The molecule has 2 atom stereocenters. The molecule has 0 spiro atoms. The van der Waals surface area contributed by atoms with Crippen molar-refractivity contribution in [2.45, 2.75) is 72.1 Å². The van der Waals surface area contributed by atoms with Crippen LogP contribution in [0.2, 0.25) is 0 Å². The molecule has 1 aliphatic rings. The molecule has 0 aromatic heterocycles. The van der Waals surface area contributed by atoms with Gasteiger partial charge in [0, 0.05) is 13.7 Å². The fraction of sp³-hybridized carbons (Fsp3) is 0.929. The van der Waals surface area contributed by atoms with Gasteiger partial charge in [0.2, 0.25) is 6.41 Å². The molecule has 1 amide bonds. The van der Waals surface area contributed by atoms with Crippen molar-refractivity contribution in [3.05, 3.63) is 0 Å². The Morgan fingerprint density at radius 1 is 1.39 bits per heavy atom. The molecule has 4 nitrogen and oxygen atoms in total. The Balaban J connectivity index is 0. The number of methoxy groups -OCH3 is 1. The van der Waals surface area contributed by atoms with E-state index in [0.29, 0.717) is 0 Å². The number of hydrogen-bond acceptors (Lipinski definition) is 3. The van der Waals surface area contributed by atoms with E-state index in [1.54, 1.807) is 18.9 Å². The van der Waals surface area contributed by atoms with Crippen molar-refractivity contribution in [2.24, 2.45) is 0 Å². The van der Waals surface area contributed by atoms with Gasteiger partial charge < -0.3 is 14.7 Å². The van der Waals surface area contributed by atoms with Gasteiger partial charge in [-0.2, -0.15) is 0 Å². The van der Waals surface area contributed by atoms with E-state index in [-0.39, 0.29) is 17.7 Å². The van der Waals surface area contributed by atoms with Gasteiger partial charge >= 0.3 is 0 Å². The van der Waals surface area contributed by atoms with Crippen LogP contribution < -0.4 is 0 Å². The molecule has 1 fully saturated rings. The first-order valence-corrected chi connectivity index (χ1v) is 6.76. The first kappa shape index (κ1) is 19.7. The highest BCUT2D eigenvalue weighted by molar-refractivity contribution is 5.48. The zero-order chi connectivity index (χ0) is 14.8. The van der Waals surface area contributed by atoms with Crippen LogP contribution in [0.1, 0.15) is 54.4 Å². The number of likely N-dealkylation sites (tertiary alicyclic amines) is 1. The number of nitrogens with zero attached hydrogens (tertiary/aromatic N) is 1. The van der Waals surface area contributed by atoms with Crippen LogP contribution in [0.3, 0.4) is 0 Å². The molecule has 0 radical (unpaired) electrons. The van der Waals surface area contributed by atoms with Gasteiger partial charge in [0.25, 0.3) is 0 Å². The largest absolute Gasteiger partial charge is 0.391 e. The van der Waals surface area contributed by atoms with Gasteiger partial charge in [-0.25, -0.2) is 0 Å². The molecule has 1 unspecified atom stereocenters. The van der Waals surface area contributed by atoms with Gasteiger partial charge in [-0.1, -0.05) is 13.8 Å². The van der Waals surface area contributed by atoms with E-state index < -0.39 is 0 Å². The number of carbonyl (C=O) groups is 1. The summed E-state index contributed by atoms with van der Waals surface area (Å²) in [6, 6.07) is 0.0671. The maximum Gasteiger partial charge on any atom is 0.210 e. The van der Waals surface area contributed by atoms with Crippen molar-refractivity contribution >= 4 is 6.41 Å². The van der Waals surface area contributed by atoms with Gasteiger partial charge in [0.05, 0.1) is 17.7 Å². The number of aliphatic hydroxyl groups is 1. The Hall–Kier alpha value is -0.610. The quantitative estimate of drug-likeness (QED) is 0.777. The standard InChI is InChI=1S/C7H13NO2.C5H12O.C2H6/c1-6(10)7-3-2-4-8(7)5-9;1-5(2,3)6-4;1-2/h5-7,10H,2-4H2,1H3;1-4H3;1-2H3/t6?,7-;;/m0../s1. The fourth-order valence-electron chi connectivity index (χ4n) is 1.46. The average Bonchev–Trinajstić information content (AvgIpc) is 2.80. The molecular weight excluding hydrogens is 230 g/mol. The highest BCUT2D eigenvalue weighted by atomic mass is 16.5. The number of carbonyl (C=O) groups excluding carboxylic acids is 1. The predicted molar refractivity (Wildman–Crippen MR) is 75.6 cm³/mol. The summed E-state index contributed by atoms with van der Waals surface area (Å²) >= 11 is 0. The van der Waals surface area contributed by atoms with E-state index in [2.05, 4.69) is 0 Å². The monoisotopic (exact) mass is 261 g/mol. The Labute approximate surface area is 112 Å². The lowest BCUT2D eigenvalue weighted by atomic mass is 10.1. The van der Waals surface area contributed by atoms with Crippen molar-refractivity contribution in [1.82, 2.24) is 4.90 Å². The lowest BCUT2D eigenvalue weighted by Crippen LogP contribution is -2.36. The van der Waals surface area contributed by atoms with Crippen molar-refractivity contribution in [1.29, 1.82) is 0 Å². The maximum atomic E-state index is 10.3. The second kappa shape index (κ2) is 10.3. The number of amides is 1. The summed E-state index contributed by atoms with van der Waals surface area (Å²) in [6.45, 7) is 12.6. The molecule has 1 rings (SSSR count). The van der Waals surface area contributed by atoms with Gasteiger partial charge in [-0.15, -0.1) is 0 Å². The third-order valence-electron chi connectivity index (χ3n) is 2.65. The molecule has 0 aromatic rings. The summed E-state index contributed by atoms with van der Waals surface area (Å²) in [5, 5.41) is 9.15. The Bertz CT molecular complexity index is 200. The minimum atomic E-state index is -0.382. The second-order valence-corrected chi connectivity index (χ2v) is 5.11.